The van der Waals surface area contributed by atoms with Crippen molar-refractivity contribution in [1.29, 1.82) is 0 Å². The predicted octanol–water partition coefficient (Wildman–Crippen LogP) is 11.6. The van der Waals surface area contributed by atoms with Gasteiger partial charge in [-0.15, -0.1) is 0 Å². The number of carbonyl (C=O) groups excluding carboxylic acids is 2. The number of rotatable bonds is 38. The molecule has 0 aliphatic carbocycles. The minimum atomic E-state index is -0.881. The normalized spacial score (nSPS) is 13.4. The lowest BCUT2D eigenvalue weighted by Crippen LogP contribution is -2.50. The summed E-state index contributed by atoms with van der Waals surface area (Å²) in [5.74, 6) is -1.51. The number of esters is 2. The van der Waals surface area contributed by atoms with Crippen LogP contribution in [0.1, 0.15) is 174 Å². The summed E-state index contributed by atoms with van der Waals surface area (Å²) in [5.41, 5.74) is 0. The van der Waals surface area contributed by atoms with Gasteiger partial charge in [0.2, 0.25) is 0 Å². The molecule has 0 aliphatic heterocycles. The van der Waals surface area contributed by atoms with E-state index in [1.54, 1.807) is 0 Å². The highest BCUT2D eigenvalue weighted by molar-refractivity contribution is 5.72. The number of allylic oxidation sites excluding steroid dienone is 8. The number of hydrogen-bond donors (Lipinski definition) is 1. The number of unbranched alkanes of at least 4 members (excludes halogenated alkanes) is 17. The molecule has 312 valence electrons. The van der Waals surface area contributed by atoms with Crippen molar-refractivity contribution in [2.45, 2.75) is 187 Å². The Hall–Kier alpha value is -2.71. The number of carboxylic acids is 1. The third-order valence-electron chi connectivity index (χ3n) is 9.49. The van der Waals surface area contributed by atoms with Crippen LogP contribution < -0.4 is 0 Å². The van der Waals surface area contributed by atoms with E-state index in [9.17, 15) is 19.5 Å². The molecule has 8 nitrogen and oxygen atoms in total. The van der Waals surface area contributed by atoms with Gasteiger partial charge in [0.15, 0.2) is 12.1 Å². The number of ether oxygens (including phenoxy) is 3. The summed E-state index contributed by atoms with van der Waals surface area (Å²) in [6.45, 7) is 4.58. The Morgan fingerprint density at radius 2 is 1.09 bits per heavy atom. The standard InChI is InChI=1S/C46H81NO7/c1-6-8-10-12-14-16-18-20-22-23-25-26-28-30-32-34-36-44(48)53-41-42(40-52-39-38-43(46(50)51)47(3,4)5)54-45(49)37-35-33-31-29-27-24-21-19-17-15-13-11-9-7-2/h9,11,15,17,22-23,25-26,42-43H,6-8,10,12-14,16,18-21,24,27-41H2,1-5H3/p+1/b11-9+,17-15+,23-22+,26-25+. The Bertz CT molecular complexity index is 1030. The Morgan fingerprint density at radius 3 is 1.65 bits per heavy atom. The lowest BCUT2D eigenvalue weighted by Gasteiger charge is -2.31. The molecule has 0 aromatic heterocycles. The maximum absolute atomic E-state index is 12.7. The summed E-state index contributed by atoms with van der Waals surface area (Å²) in [7, 11) is 5.51. The van der Waals surface area contributed by atoms with Crippen molar-refractivity contribution in [1.82, 2.24) is 0 Å². The fourth-order valence-electron chi connectivity index (χ4n) is 6.12. The minimum absolute atomic E-state index is 0.0486. The van der Waals surface area contributed by atoms with Crippen molar-refractivity contribution in [2.75, 3.05) is 41.0 Å². The zero-order chi connectivity index (χ0) is 40.0. The van der Waals surface area contributed by atoms with Gasteiger partial charge in [0, 0.05) is 19.3 Å². The van der Waals surface area contributed by atoms with Gasteiger partial charge < -0.3 is 23.8 Å². The van der Waals surface area contributed by atoms with E-state index in [1.807, 2.05) is 21.1 Å². The van der Waals surface area contributed by atoms with Crippen molar-refractivity contribution in [3.63, 3.8) is 0 Å². The van der Waals surface area contributed by atoms with Gasteiger partial charge in [-0.2, -0.15) is 0 Å². The molecule has 0 saturated carbocycles. The fraction of sp³-hybridized carbons (Fsp3) is 0.761. The third-order valence-corrected chi connectivity index (χ3v) is 9.49. The first kappa shape index (κ1) is 51.3. The molecule has 0 fully saturated rings. The first-order valence-electron chi connectivity index (χ1n) is 21.7. The van der Waals surface area contributed by atoms with Crippen LogP contribution in [-0.2, 0) is 28.6 Å². The number of carbonyl (C=O) groups is 3. The van der Waals surface area contributed by atoms with Crippen LogP contribution in [0.3, 0.4) is 0 Å². The first-order valence-corrected chi connectivity index (χ1v) is 21.7. The van der Waals surface area contributed by atoms with Crippen molar-refractivity contribution in [2.24, 2.45) is 0 Å². The first-order chi connectivity index (χ1) is 26.1. The van der Waals surface area contributed by atoms with E-state index in [2.05, 4.69) is 62.5 Å². The SMILES string of the molecule is CC/C=C/C/C=C/CCCCCCCCCC(=O)OC(COCCC(C(=O)O)[N+](C)(C)C)COC(=O)CCCCC/C=C/C=C/CCCCCCCCC. The van der Waals surface area contributed by atoms with E-state index in [4.69, 9.17) is 14.2 Å². The highest BCUT2D eigenvalue weighted by Crippen LogP contribution is 2.13. The van der Waals surface area contributed by atoms with E-state index in [1.165, 1.54) is 70.6 Å². The molecular formula is C46H82NO7+. The molecule has 0 bridgehead atoms. The van der Waals surface area contributed by atoms with E-state index in [0.717, 1.165) is 70.6 Å². The summed E-state index contributed by atoms with van der Waals surface area (Å²) in [6.07, 6.45) is 43.0. The van der Waals surface area contributed by atoms with Gasteiger partial charge in [-0.3, -0.25) is 9.59 Å². The van der Waals surface area contributed by atoms with E-state index >= 15 is 0 Å². The van der Waals surface area contributed by atoms with Crippen LogP contribution in [0.15, 0.2) is 48.6 Å². The van der Waals surface area contributed by atoms with Crippen molar-refractivity contribution >= 4 is 17.9 Å². The number of likely N-dealkylation sites (N-methyl/N-ethyl adjacent to an activating group) is 1. The predicted molar refractivity (Wildman–Crippen MR) is 224 cm³/mol. The van der Waals surface area contributed by atoms with Crippen LogP contribution >= 0.6 is 0 Å². The second kappa shape index (κ2) is 37.2. The van der Waals surface area contributed by atoms with Gasteiger partial charge in [-0.1, -0.05) is 140 Å². The average molecular weight is 761 g/mol. The fourth-order valence-corrected chi connectivity index (χ4v) is 6.12. The van der Waals surface area contributed by atoms with Gasteiger partial charge in [0.1, 0.15) is 6.61 Å². The quantitative estimate of drug-likeness (QED) is 0.0220. The molecule has 2 atom stereocenters. The van der Waals surface area contributed by atoms with Crippen LogP contribution in [0.2, 0.25) is 0 Å². The second-order valence-corrected chi connectivity index (χ2v) is 15.6. The molecule has 0 saturated heterocycles. The Kier molecular flexibility index (Phi) is 35.4. The zero-order valence-corrected chi connectivity index (χ0v) is 35.4. The minimum Gasteiger partial charge on any atom is -0.477 e. The van der Waals surface area contributed by atoms with E-state index < -0.39 is 18.1 Å². The Morgan fingerprint density at radius 1 is 0.593 bits per heavy atom. The molecule has 0 spiro atoms. The molecule has 0 aromatic rings. The van der Waals surface area contributed by atoms with Gasteiger partial charge >= 0.3 is 17.9 Å². The largest absolute Gasteiger partial charge is 0.477 e. The zero-order valence-electron chi connectivity index (χ0n) is 35.4. The van der Waals surface area contributed by atoms with Crippen molar-refractivity contribution in [3.05, 3.63) is 48.6 Å². The average Bonchev–Trinajstić information content (AvgIpc) is 3.12. The molecule has 1 N–H and O–H groups in total. The Labute approximate surface area is 331 Å². The summed E-state index contributed by atoms with van der Waals surface area (Å²) in [4.78, 5) is 36.9. The van der Waals surface area contributed by atoms with Gasteiger partial charge in [0.25, 0.3) is 0 Å². The molecular weight excluding hydrogens is 679 g/mol. The molecule has 0 rings (SSSR count). The molecule has 2 unspecified atom stereocenters. The van der Waals surface area contributed by atoms with Crippen molar-refractivity contribution in [3.8, 4) is 0 Å². The molecule has 0 heterocycles. The van der Waals surface area contributed by atoms with Crippen LogP contribution in [0.5, 0.6) is 0 Å². The van der Waals surface area contributed by atoms with Crippen molar-refractivity contribution < 1.29 is 38.2 Å². The lowest BCUT2D eigenvalue weighted by molar-refractivity contribution is -0.887. The monoisotopic (exact) mass is 761 g/mol. The van der Waals surface area contributed by atoms with Crippen LogP contribution in [0.4, 0.5) is 0 Å². The molecule has 0 amide bonds. The summed E-state index contributed by atoms with van der Waals surface area (Å²) >= 11 is 0. The molecule has 54 heavy (non-hydrogen) atoms. The highest BCUT2D eigenvalue weighted by atomic mass is 16.6. The molecule has 0 aliphatic rings. The summed E-state index contributed by atoms with van der Waals surface area (Å²) in [5, 5.41) is 9.61. The molecule has 0 aromatic carbocycles. The smallest absolute Gasteiger partial charge is 0.362 e. The second-order valence-electron chi connectivity index (χ2n) is 15.6. The van der Waals surface area contributed by atoms with Gasteiger partial charge in [-0.25, -0.2) is 4.79 Å². The highest BCUT2D eigenvalue weighted by Gasteiger charge is 2.31. The topological polar surface area (TPSA) is 99.1 Å². The van der Waals surface area contributed by atoms with Crippen LogP contribution in [-0.4, -0.2) is 80.6 Å². The summed E-state index contributed by atoms with van der Waals surface area (Å²) < 4.78 is 17.2. The number of aliphatic carboxylic acids is 1. The number of quaternary nitrogens is 1. The van der Waals surface area contributed by atoms with Gasteiger partial charge in [0.05, 0.1) is 34.4 Å². The lowest BCUT2D eigenvalue weighted by atomic mass is 10.1. The van der Waals surface area contributed by atoms with Gasteiger partial charge in [-0.05, 0) is 64.2 Å². The number of nitrogens with zero attached hydrogens (tertiary/aromatic N) is 1. The number of hydrogen-bond acceptors (Lipinski definition) is 6. The van der Waals surface area contributed by atoms with E-state index in [-0.39, 0.29) is 36.2 Å². The van der Waals surface area contributed by atoms with Crippen LogP contribution in [0.25, 0.3) is 0 Å². The molecule has 0 radical (unpaired) electrons. The maximum Gasteiger partial charge on any atom is 0.362 e. The van der Waals surface area contributed by atoms with E-state index in [0.29, 0.717) is 19.3 Å². The third kappa shape index (κ3) is 35.0. The summed E-state index contributed by atoms with van der Waals surface area (Å²) in [6, 6.07) is -0.620. The molecule has 8 heteroatoms. The Balaban J connectivity index is 4.41. The number of carboxylic acid groups (broad SMARTS) is 1. The van der Waals surface area contributed by atoms with Crippen LogP contribution in [0, 0.1) is 0 Å². The maximum atomic E-state index is 12.7.